The van der Waals surface area contributed by atoms with Gasteiger partial charge in [-0.15, -0.1) is 0 Å². The van der Waals surface area contributed by atoms with Crippen LogP contribution in [0.25, 0.3) is 11.4 Å². The molecular weight excluding hydrogens is 398 g/mol. The number of aromatic nitrogens is 2. The Morgan fingerprint density at radius 3 is 2.70 bits per heavy atom. The van der Waals surface area contributed by atoms with Crippen molar-refractivity contribution in [2.45, 2.75) is 11.4 Å². The van der Waals surface area contributed by atoms with Crippen molar-refractivity contribution in [1.29, 1.82) is 0 Å². The molecule has 140 valence electrons. The molecule has 10 nitrogen and oxygen atoms in total. The van der Waals surface area contributed by atoms with E-state index in [9.17, 15) is 18.5 Å². The number of nitrogens with two attached hydrogens (primary N) is 1. The fraction of sp³-hybridized carbons (Fsp3) is 0.0667. The summed E-state index contributed by atoms with van der Waals surface area (Å²) in [4.78, 5) is 14.3. The Morgan fingerprint density at radius 1 is 1.26 bits per heavy atom. The number of halogens is 1. The predicted molar refractivity (Wildman–Crippen MR) is 96.5 cm³/mol. The van der Waals surface area contributed by atoms with Gasteiger partial charge in [-0.05, 0) is 24.3 Å². The van der Waals surface area contributed by atoms with Crippen LogP contribution in [-0.4, -0.2) is 23.5 Å². The van der Waals surface area contributed by atoms with E-state index in [0.29, 0.717) is 16.4 Å². The van der Waals surface area contributed by atoms with E-state index in [1.807, 2.05) is 0 Å². The maximum absolute atomic E-state index is 11.4. The molecule has 0 amide bonds. The molecule has 2 aromatic carbocycles. The number of hydrogen-bond donors (Lipinski definition) is 2. The molecular formula is C15H12ClN5O5S. The van der Waals surface area contributed by atoms with Crippen LogP contribution >= 0.6 is 11.6 Å². The van der Waals surface area contributed by atoms with Crippen LogP contribution in [0.5, 0.6) is 0 Å². The van der Waals surface area contributed by atoms with Crippen LogP contribution in [0.1, 0.15) is 5.89 Å². The molecule has 0 aliphatic rings. The van der Waals surface area contributed by atoms with Crippen LogP contribution in [0.15, 0.2) is 51.9 Å². The van der Waals surface area contributed by atoms with Gasteiger partial charge in [0.2, 0.25) is 21.7 Å². The molecule has 0 aliphatic heterocycles. The van der Waals surface area contributed by atoms with Gasteiger partial charge in [0.1, 0.15) is 5.69 Å². The molecule has 1 aromatic heterocycles. The minimum absolute atomic E-state index is 0.0108. The Morgan fingerprint density at radius 2 is 2.04 bits per heavy atom. The summed E-state index contributed by atoms with van der Waals surface area (Å²) in [6.45, 7) is -0.0108. The number of nitro groups is 1. The SMILES string of the molecule is NS(=O)(=O)c1ccc(NCc2nc(-c3cccc(Cl)c3)no2)c([N+](=O)[O-])c1. The van der Waals surface area contributed by atoms with E-state index in [-0.39, 0.29) is 23.0 Å². The first-order valence-corrected chi connectivity index (χ1v) is 9.30. The van der Waals surface area contributed by atoms with Crippen molar-refractivity contribution in [3.8, 4) is 11.4 Å². The summed E-state index contributed by atoms with van der Waals surface area (Å²) in [7, 11) is -4.06. The van der Waals surface area contributed by atoms with Crippen molar-refractivity contribution in [3.05, 3.63) is 63.5 Å². The van der Waals surface area contributed by atoms with Gasteiger partial charge < -0.3 is 9.84 Å². The predicted octanol–water partition coefficient (Wildman–Crippen LogP) is 2.56. The van der Waals surface area contributed by atoms with E-state index in [1.54, 1.807) is 24.3 Å². The molecule has 0 radical (unpaired) electrons. The molecule has 3 aromatic rings. The summed E-state index contributed by atoms with van der Waals surface area (Å²) in [5, 5.41) is 23.3. The second-order valence-electron chi connectivity index (χ2n) is 5.36. The number of nitrogens with zero attached hydrogens (tertiary/aromatic N) is 3. The van der Waals surface area contributed by atoms with E-state index < -0.39 is 20.6 Å². The van der Waals surface area contributed by atoms with Crippen LogP contribution in [0, 0.1) is 10.1 Å². The Labute approximate surface area is 158 Å². The molecule has 1 heterocycles. The van der Waals surface area contributed by atoms with Gasteiger partial charge in [-0.3, -0.25) is 10.1 Å². The van der Waals surface area contributed by atoms with Gasteiger partial charge in [-0.2, -0.15) is 4.98 Å². The first-order valence-electron chi connectivity index (χ1n) is 7.37. The first-order chi connectivity index (χ1) is 12.7. The summed E-state index contributed by atoms with van der Waals surface area (Å²) in [5.41, 5.74) is 0.284. The number of nitrogens with one attached hydrogen (secondary N) is 1. The highest BCUT2D eigenvalue weighted by molar-refractivity contribution is 7.89. The zero-order valence-corrected chi connectivity index (χ0v) is 15.1. The van der Waals surface area contributed by atoms with Crippen molar-refractivity contribution < 1.29 is 17.9 Å². The number of hydrogen-bond acceptors (Lipinski definition) is 8. The zero-order chi connectivity index (χ0) is 19.6. The highest BCUT2D eigenvalue weighted by Gasteiger charge is 2.19. The molecule has 12 heteroatoms. The number of anilines is 1. The van der Waals surface area contributed by atoms with Crippen LogP contribution in [0.2, 0.25) is 5.02 Å². The van der Waals surface area contributed by atoms with Gasteiger partial charge >= 0.3 is 0 Å². The third-order valence-corrected chi connectivity index (χ3v) is 4.62. The van der Waals surface area contributed by atoms with E-state index in [1.165, 1.54) is 6.07 Å². The molecule has 27 heavy (non-hydrogen) atoms. The summed E-state index contributed by atoms with van der Waals surface area (Å²) in [5.74, 6) is 0.489. The monoisotopic (exact) mass is 409 g/mol. The summed E-state index contributed by atoms with van der Waals surface area (Å²) < 4.78 is 27.8. The van der Waals surface area contributed by atoms with Crippen molar-refractivity contribution in [1.82, 2.24) is 10.1 Å². The minimum atomic E-state index is -4.06. The molecule has 0 spiro atoms. The largest absolute Gasteiger partial charge is 0.371 e. The minimum Gasteiger partial charge on any atom is -0.371 e. The van der Waals surface area contributed by atoms with Crippen molar-refractivity contribution >= 4 is 33.0 Å². The maximum atomic E-state index is 11.4. The van der Waals surface area contributed by atoms with Crippen LogP contribution in [-0.2, 0) is 16.6 Å². The molecule has 0 bridgehead atoms. The van der Waals surface area contributed by atoms with Gasteiger partial charge in [0.15, 0.2) is 0 Å². The second-order valence-corrected chi connectivity index (χ2v) is 7.35. The van der Waals surface area contributed by atoms with E-state index in [4.69, 9.17) is 21.3 Å². The summed E-state index contributed by atoms with van der Waals surface area (Å²) >= 11 is 5.92. The third-order valence-electron chi connectivity index (χ3n) is 3.48. The number of primary sulfonamides is 1. The molecule has 0 saturated heterocycles. The second kappa shape index (κ2) is 7.31. The number of nitro benzene ring substituents is 1. The van der Waals surface area contributed by atoms with Crippen LogP contribution in [0.3, 0.4) is 0 Å². The third kappa shape index (κ3) is 4.39. The number of rotatable bonds is 6. The molecule has 0 atom stereocenters. The molecule has 3 rings (SSSR count). The van der Waals surface area contributed by atoms with Crippen molar-refractivity contribution in [3.63, 3.8) is 0 Å². The van der Waals surface area contributed by atoms with Gasteiger partial charge in [0, 0.05) is 16.7 Å². The summed E-state index contributed by atoms with van der Waals surface area (Å²) in [6, 6.07) is 10.1. The zero-order valence-electron chi connectivity index (χ0n) is 13.5. The van der Waals surface area contributed by atoms with Gasteiger partial charge in [0.05, 0.1) is 16.4 Å². The Kier molecular flexibility index (Phi) is 5.08. The van der Waals surface area contributed by atoms with E-state index in [0.717, 1.165) is 12.1 Å². The lowest BCUT2D eigenvalue weighted by molar-refractivity contribution is -0.384. The van der Waals surface area contributed by atoms with E-state index >= 15 is 0 Å². The normalized spacial score (nSPS) is 11.3. The Bertz CT molecular complexity index is 1120. The Hall–Kier alpha value is -3.02. The number of benzene rings is 2. The molecule has 0 aliphatic carbocycles. The van der Waals surface area contributed by atoms with Crippen molar-refractivity contribution in [2.75, 3.05) is 5.32 Å². The average Bonchev–Trinajstić information content (AvgIpc) is 3.08. The fourth-order valence-electron chi connectivity index (χ4n) is 2.23. The smallest absolute Gasteiger partial charge is 0.293 e. The summed E-state index contributed by atoms with van der Waals surface area (Å²) in [6.07, 6.45) is 0. The molecule has 0 fully saturated rings. The van der Waals surface area contributed by atoms with E-state index in [2.05, 4.69) is 15.5 Å². The Balaban J connectivity index is 1.80. The fourth-order valence-corrected chi connectivity index (χ4v) is 2.96. The van der Waals surface area contributed by atoms with Gasteiger partial charge in [0.25, 0.3) is 5.69 Å². The highest BCUT2D eigenvalue weighted by Crippen LogP contribution is 2.28. The topological polar surface area (TPSA) is 154 Å². The lowest BCUT2D eigenvalue weighted by Crippen LogP contribution is -2.13. The van der Waals surface area contributed by atoms with Crippen LogP contribution < -0.4 is 10.5 Å². The maximum Gasteiger partial charge on any atom is 0.293 e. The first kappa shape index (κ1) is 18.8. The molecule has 0 unspecified atom stereocenters. The standard InChI is InChI=1S/C15H12ClN5O5S/c16-10-3-1-2-9(6-10)15-19-14(26-20-15)8-18-12-5-4-11(27(17,24)25)7-13(12)21(22)23/h1-7,18H,8H2,(H2,17,24,25). The van der Waals surface area contributed by atoms with Crippen molar-refractivity contribution in [2.24, 2.45) is 5.14 Å². The highest BCUT2D eigenvalue weighted by atomic mass is 35.5. The average molecular weight is 410 g/mol. The molecule has 3 N–H and O–H groups in total. The van der Waals surface area contributed by atoms with Gasteiger partial charge in [-0.25, -0.2) is 13.6 Å². The van der Waals surface area contributed by atoms with Crippen LogP contribution in [0.4, 0.5) is 11.4 Å². The lowest BCUT2D eigenvalue weighted by Gasteiger charge is -2.06. The lowest BCUT2D eigenvalue weighted by atomic mass is 10.2. The van der Waals surface area contributed by atoms with Gasteiger partial charge in [-0.1, -0.05) is 28.9 Å². The number of sulfonamides is 1. The molecule has 0 saturated carbocycles. The quantitative estimate of drug-likeness (QED) is 0.464.